The van der Waals surface area contributed by atoms with Crippen molar-refractivity contribution in [3.63, 3.8) is 0 Å². The molecule has 3 nitrogen and oxygen atoms in total. The predicted octanol–water partition coefficient (Wildman–Crippen LogP) is 4.68. The number of aryl methyl sites for hydroxylation is 1. The highest BCUT2D eigenvalue weighted by Crippen LogP contribution is 2.30. The van der Waals surface area contributed by atoms with Crippen LogP contribution in [-0.2, 0) is 4.79 Å². The molecule has 0 spiro atoms. The Labute approximate surface area is 126 Å². The van der Waals surface area contributed by atoms with Gasteiger partial charge in [0.25, 0.3) is 0 Å². The monoisotopic (exact) mass is 306 g/mol. The van der Waals surface area contributed by atoms with Crippen LogP contribution in [0.5, 0.6) is 11.5 Å². The molecule has 1 N–H and O–H groups in total. The van der Waals surface area contributed by atoms with Gasteiger partial charge in [-0.25, -0.2) is 9.18 Å². The Balaban J connectivity index is 2.22. The molecule has 0 saturated carbocycles. The summed E-state index contributed by atoms with van der Waals surface area (Å²) in [5, 5.41) is 8.79. The Bertz CT molecular complexity index is 711. The van der Waals surface area contributed by atoms with Gasteiger partial charge in [0.15, 0.2) is 0 Å². The van der Waals surface area contributed by atoms with E-state index in [0.29, 0.717) is 11.5 Å². The van der Waals surface area contributed by atoms with Gasteiger partial charge < -0.3 is 9.84 Å². The summed E-state index contributed by atoms with van der Waals surface area (Å²) in [4.78, 5) is 10.5. The maximum Gasteiger partial charge on any atom is 0.328 e. The minimum absolute atomic E-state index is 0.183. The van der Waals surface area contributed by atoms with Crippen LogP contribution in [-0.4, -0.2) is 11.1 Å². The van der Waals surface area contributed by atoms with Crippen LogP contribution in [0.4, 0.5) is 4.39 Å². The van der Waals surface area contributed by atoms with Crippen molar-refractivity contribution in [2.24, 2.45) is 0 Å². The highest BCUT2D eigenvalue weighted by molar-refractivity contribution is 6.32. The zero-order valence-corrected chi connectivity index (χ0v) is 11.9. The maximum absolute atomic E-state index is 13.0. The molecule has 0 amide bonds. The fourth-order valence-corrected chi connectivity index (χ4v) is 1.95. The van der Waals surface area contributed by atoms with Crippen LogP contribution >= 0.6 is 11.6 Å². The SMILES string of the molecule is Cc1cc(Oc2ccc(F)cc2Cl)ccc1C=CC(=O)O. The van der Waals surface area contributed by atoms with E-state index >= 15 is 0 Å². The van der Waals surface area contributed by atoms with E-state index in [0.717, 1.165) is 17.2 Å². The van der Waals surface area contributed by atoms with Crippen molar-refractivity contribution in [3.05, 3.63) is 64.4 Å². The zero-order chi connectivity index (χ0) is 15.4. The van der Waals surface area contributed by atoms with Gasteiger partial charge in [0.2, 0.25) is 0 Å². The van der Waals surface area contributed by atoms with Gasteiger partial charge in [0.05, 0.1) is 5.02 Å². The van der Waals surface area contributed by atoms with E-state index in [9.17, 15) is 9.18 Å². The summed E-state index contributed by atoms with van der Waals surface area (Å²) in [6, 6.07) is 9.06. The normalized spacial score (nSPS) is 10.8. The van der Waals surface area contributed by atoms with E-state index in [1.54, 1.807) is 18.2 Å². The summed E-state index contributed by atoms with van der Waals surface area (Å²) in [6.07, 6.45) is 2.58. The lowest BCUT2D eigenvalue weighted by atomic mass is 10.1. The molecular formula is C16H12ClFO3. The highest BCUT2D eigenvalue weighted by Gasteiger charge is 2.06. The van der Waals surface area contributed by atoms with Crippen molar-refractivity contribution >= 4 is 23.6 Å². The number of carboxylic acids is 1. The third-order valence-electron chi connectivity index (χ3n) is 2.77. The Morgan fingerprint density at radius 2 is 2.05 bits per heavy atom. The van der Waals surface area contributed by atoms with Crippen LogP contribution in [0.2, 0.25) is 5.02 Å². The first kappa shape index (κ1) is 15.1. The predicted molar refractivity (Wildman–Crippen MR) is 79.3 cm³/mol. The van der Waals surface area contributed by atoms with Crippen molar-refractivity contribution in [3.8, 4) is 11.5 Å². The molecule has 2 aromatic carbocycles. The molecule has 5 heteroatoms. The summed E-state index contributed by atoms with van der Waals surface area (Å²) in [7, 11) is 0. The molecule has 2 rings (SSSR count). The third-order valence-corrected chi connectivity index (χ3v) is 3.06. The van der Waals surface area contributed by atoms with E-state index in [4.69, 9.17) is 21.4 Å². The number of hydrogen-bond donors (Lipinski definition) is 1. The molecule has 0 fully saturated rings. The lowest BCUT2D eigenvalue weighted by Crippen LogP contribution is -1.90. The molecule has 0 aromatic heterocycles. The summed E-state index contributed by atoms with van der Waals surface area (Å²) >= 11 is 5.89. The van der Waals surface area contributed by atoms with Gasteiger partial charge in [0, 0.05) is 6.08 Å². The smallest absolute Gasteiger partial charge is 0.328 e. The van der Waals surface area contributed by atoms with E-state index in [2.05, 4.69) is 0 Å². The first-order valence-corrected chi connectivity index (χ1v) is 6.48. The maximum atomic E-state index is 13.0. The molecule has 0 aliphatic rings. The Morgan fingerprint density at radius 3 is 2.67 bits per heavy atom. The van der Waals surface area contributed by atoms with Crippen molar-refractivity contribution in [2.75, 3.05) is 0 Å². The molecule has 108 valence electrons. The van der Waals surface area contributed by atoms with Crippen molar-refractivity contribution < 1.29 is 19.0 Å². The van der Waals surface area contributed by atoms with Crippen LogP contribution < -0.4 is 4.74 Å². The largest absolute Gasteiger partial charge is 0.478 e. The minimum atomic E-state index is -1.01. The second kappa shape index (κ2) is 6.41. The molecule has 0 saturated heterocycles. The topological polar surface area (TPSA) is 46.5 Å². The zero-order valence-electron chi connectivity index (χ0n) is 11.1. The van der Waals surface area contributed by atoms with Gasteiger partial charge in [-0.15, -0.1) is 0 Å². The Kier molecular flexibility index (Phi) is 4.60. The lowest BCUT2D eigenvalue weighted by Gasteiger charge is -2.09. The van der Waals surface area contributed by atoms with Gasteiger partial charge in [-0.2, -0.15) is 0 Å². The molecule has 0 aliphatic carbocycles. The number of ether oxygens (including phenoxy) is 1. The molecule has 0 unspecified atom stereocenters. The summed E-state index contributed by atoms with van der Waals surface area (Å²) in [6.45, 7) is 1.83. The van der Waals surface area contributed by atoms with Crippen LogP contribution in [0.15, 0.2) is 42.5 Å². The van der Waals surface area contributed by atoms with Gasteiger partial charge in [-0.05, 0) is 54.5 Å². The molecule has 2 aromatic rings. The number of hydrogen-bond acceptors (Lipinski definition) is 2. The average Bonchev–Trinajstić information content (AvgIpc) is 2.41. The third kappa shape index (κ3) is 4.07. The fourth-order valence-electron chi connectivity index (χ4n) is 1.74. The van der Waals surface area contributed by atoms with Gasteiger partial charge in [-0.3, -0.25) is 0 Å². The number of halogens is 2. The molecule has 0 bridgehead atoms. The van der Waals surface area contributed by atoms with Crippen LogP contribution in [0, 0.1) is 12.7 Å². The molecule has 0 aliphatic heterocycles. The number of benzene rings is 2. The first-order valence-electron chi connectivity index (χ1n) is 6.10. The van der Waals surface area contributed by atoms with Crippen LogP contribution in [0.3, 0.4) is 0 Å². The summed E-state index contributed by atoms with van der Waals surface area (Å²) < 4.78 is 18.5. The van der Waals surface area contributed by atoms with Crippen molar-refractivity contribution in [1.29, 1.82) is 0 Å². The number of carbonyl (C=O) groups is 1. The van der Waals surface area contributed by atoms with Gasteiger partial charge >= 0.3 is 5.97 Å². The van der Waals surface area contributed by atoms with Gasteiger partial charge in [0.1, 0.15) is 17.3 Å². The molecule has 21 heavy (non-hydrogen) atoms. The van der Waals surface area contributed by atoms with E-state index in [1.807, 2.05) is 6.92 Å². The molecule has 0 radical (unpaired) electrons. The highest BCUT2D eigenvalue weighted by atomic mass is 35.5. The second-order valence-corrected chi connectivity index (χ2v) is 4.77. The molecule has 0 heterocycles. The summed E-state index contributed by atoms with van der Waals surface area (Å²) in [5.74, 6) is -0.551. The number of rotatable bonds is 4. The second-order valence-electron chi connectivity index (χ2n) is 4.37. The van der Waals surface area contributed by atoms with E-state index in [1.165, 1.54) is 24.3 Å². The van der Waals surface area contributed by atoms with Gasteiger partial charge in [-0.1, -0.05) is 17.7 Å². The fraction of sp³-hybridized carbons (Fsp3) is 0.0625. The van der Waals surface area contributed by atoms with Crippen molar-refractivity contribution in [1.82, 2.24) is 0 Å². The minimum Gasteiger partial charge on any atom is -0.478 e. The van der Waals surface area contributed by atoms with Crippen molar-refractivity contribution in [2.45, 2.75) is 6.92 Å². The molecule has 0 atom stereocenters. The van der Waals surface area contributed by atoms with E-state index in [-0.39, 0.29) is 5.02 Å². The van der Waals surface area contributed by atoms with Crippen LogP contribution in [0.25, 0.3) is 6.08 Å². The quantitative estimate of drug-likeness (QED) is 0.834. The first-order chi connectivity index (χ1) is 9.95. The number of aliphatic carboxylic acids is 1. The molecular weight excluding hydrogens is 295 g/mol. The summed E-state index contributed by atoms with van der Waals surface area (Å²) in [5.41, 5.74) is 1.62. The average molecular weight is 307 g/mol. The van der Waals surface area contributed by atoms with Crippen LogP contribution in [0.1, 0.15) is 11.1 Å². The van der Waals surface area contributed by atoms with E-state index < -0.39 is 11.8 Å². The Hall–Kier alpha value is -2.33. The number of carboxylic acid groups (broad SMARTS) is 1. The standard InChI is InChI=1S/C16H12ClFO3/c1-10-8-13(5-2-11(10)3-7-16(19)20)21-15-6-4-12(18)9-14(15)17/h2-9H,1H3,(H,19,20). The Morgan fingerprint density at radius 1 is 1.29 bits per heavy atom. The lowest BCUT2D eigenvalue weighted by molar-refractivity contribution is -0.131.